The van der Waals surface area contributed by atoms with Crippen LogP contribution in [0.4, 0.5) is 17.1 Å². The van der Waals surface area contributed by atoms with E-state index in [0.717, 1.165) is 46.0 Å². The molecule has 0 unspecified atom stereocenters. The number of benzene rings is 15. The van der Waals surface area contributed by atoms with Crippen LogP contribution in [0.25, 0.3) is 21.5 Å². The smallest absolute Gasteiger partial charge is 0.269 e. The van der Waals surface area contributed by atoms with Crippen LogP contribution in [0, 0.1) is 22.0 Å². The molecular formula is C139H195N3O7. The van der Waals surface area contributed by atoms with E-state index < -0.39 is 0 Å². The number of phenols is 2. The highest BCUT2D eigenvalue weighted by Crippen LogP contribution is 2.30. The minimum atomic E-state index is -0.385. The van der Waals surface area contributed by atoms with Crippen molar-refractivity contribution in [3.8, 4) is 28.7 Å². The van der Waals surface area contributed by atoms with Gasteiger partial charge in [-0.25, -0.2) is 0 Å². The number of nitro groups is 1. The third-order valence-corrected chi connectivity index (χ3v) is 24.5. The monoisotopic (exact) mass is 2020 g/mol. The molecule has 0 saturated carbocycles. The van der Waals surface area contributed by atoms with Crippen molar-refractivity contribution in [3.05, 3.63) is 452 Å². The van der Waals surface area contributed by atoms with Crippen molar-refractivity contribution in [1.29, 1.82) is 0 Å². The number of nitro benzene ring substituents is 1. The molecule has 0 fully saturated rings. The topological polar surface area (TPSA) is 163 Å². The molecule has 0 radical (unpaired) electrons. The molecule has 149 heavy (non-hydrogen) atoms. The number of hydrogen-bond acceptors (Lipinski definition) is 9. The molecule has 0 aliphatic rings. The predicted octanol–water partition coefficient (Wildman–Crippen LogP) is 42.3. The Bertz CT molecular complexity index is 5450. The van der Waals surface area contributed by atoms with E-state index in [1.807, 2.05) is 115 Å². The van der Waals surface area contributed by atoms with Crippen molar-refractivity contribution in [1.82, 2.24) is 0 Å². The summed E-state index contributed by atoms with van der Waals surface area (Å²) in [5.74, 6) is 12.2. The average molecular weight is 2020 g/mol. The maximum Gasteiger partial charge on any atom is 0.269 e. The molecule has 15 aromatic carbocycles. The van der Waals surface area contributed by atoms with E-state index >= 15 is 0 Å². The molecule has 0 bridgehead atoms. The van der Waals surface area contributed by atoms with Gasteiger partial charge in [0.1, 0.15) is 35.4 Å². The summed E-state index contributed by atoms with van der Waals surface area (Å²) in [6.07, 6.45) is 8.29. The summed E-state index contributed by atoms with van der Waals surface area (Å²) in [6.45, 7) is 66.4. The first-order chi connectivity index (χ1) is 70.9. The van der Waals surface area contributed by atoms with E-state index in [2.05, 4.69) is 414 Å². The summed E-state index contributed by atoms with van der Waals surface area (Å²) in [5.41, 5.74) is 30.2. The SMILES string of the molecule is CC(C)c1ccc(N)cc1.CC(C)c1ccc(N)cc1.CC(C)c1ccc(O)cc1.CC(C)c1ccc(O)cc1.CC(C)c1ccc(OCc2ccccc2)cc1.CC(C)c1ccc([N+](=O)[O-])cc1.CC(C)c1cccc2ccccc12.CC(C)c1cccc2ccccc12.CC(C)c1ccccc1.CC(C)c1ccccc1.CCCCC(C)C.CCCCC(C)C.COc1ccc(C(C)C)cc1.COc1ccc(C(C)C)cc1.[HH].[HH]. The third kappa shape index (κ3) is 58.4. The summed E-state index contributed by atoms with van der Waals surface area (Å²) >= 11 is 0. The first-order valence-corrected chi connectivity index (χ1v) is 54.5. The second-order valence-corrected chi connectivity index (χ2v) is 42.1. The molecule has 0 aliphatic heterocycles. The summed E-state index contributed by atoms with van der Waals surface area (Å²) in [6, 6.07) is 123. The number of non-ortho nitro benzene ring substituents is 1. The number of methoxy groups -OCH3 is 2. The number of nitrogens with zero attached hydrogens (tertiary/aromatic N) is 1. The fraction of sp³-hybridized carbons (Fsp3) is 0.381. The van der Waals surface area contributed by atoms with E-state index in [4.69, 9.17) is 35.9 Å². The van der Waals surface area contributed by atoms with Crippen LogP contribution in [0.15, 0.2) is 370 Å². The number of aromatic hydroxyl groups is 2. The molecule has 6 N–H and O–H groups in total. The van der Waals surface area contributed by atoms with Crippen LogP contribution in [-0.4, -0.2) is 29.4 Å². The van der Waals surface area contributed by atoms with Crippen LogP contribution in [-0.2, 0) is 6.61 Å². The molecule has 0 atom stereocenters. The number of ether oxygens (including phenoxy) is 3. The molecular weight excluding hydrogens is 1820 g/mol. The van der Waals surface area contributed by atoms with Crippen LogP contribution in [0.1, 0.15) is 392 Å². The molecule has 15 rings (SSSR count). The van der Waals surface area contributed by atoms with E-state index in [9.17, 15) is 10.1 Å². The van der Waals surface area contributed by atoms with Gasteiger partial charge in [0.05, 0.1) is 19.1 Å². The van der Waals surface area contributed by atoms with E-state index in [1.165, 1.54) is 139 Å². The van der Waals surface area contributed by atoms with Gasteiger partial charge in [-0.15, -0.1) is 0 Å². The van der Waals surface area contributed by atoms with Crippen molar-refractivity contribution < 1.29 is 32.2 Å². The quantitative estimate of drug-likeness (QED) is 0.0262. The van der Waals surface area contributed by atoms with Crippen LogP contribution in [0.5, 0.6) is 28.7 Å². The lowest BCUT2D eigenvalue weighted by Crippen LogP contribution is -1.95. The Kier molecular flexibility index (Phi) is 67.6. The van der Waals surface area contributed by atoms with Crippen LogP contribution in [0.2, 0.25) is 0 Å². The molecule has 10 heteroatoms. The Hall–Kier alpha value is -13.2. The van der Waals surface area contributed by atoms with Gasteiger partial charge in [-0.3, -0.25) is 10.1 Å². The number of nitrogens with two attached hydrogens (primary N) is 2. The number of rotatable bonds is 24. The number of hydrogen-bond donors (Lipinski definition) is 4. The standard InChI is InChI=1S/C16H18O.2C13H14.2C10H14O.C9H11NO2.2C9H13N.2C9H12O.2C9H12.2C7H16.2H2/c1-13(2)15-8-10-16(11-9-15)17-12-14-6-4-3-5-7-14;2*1-10(2)12-9-5-7-11-6-3-4-8-13(11)12;2*1-8(2)9-4-6-10(11-3)7-5-9;1-7(2)8-3-5-9(6-4-8)10(11)12;4*1-7(2)8-3-5-9(10)6-4-8;2*1-8(2)9-6-4-3-5-7-9;2*1-4-5-6-7(2)3;;/h3-11,13H,12H2,1-2H3;2*3-10H,1-2H3;2*4-8H,1-3H3;3-7H,1-2H3;2*3-7H,10H2,1-2H3;2*3-7,10H,1-2H3;2*3-8H,1-2H3;2*7H,4-6H2,1-3H3;2*1H. The normalized spacial score (nSPS) is 10.4. The van der Waals surface area contributed by atoms with Gasteiger partial charge in [-0.2, -0.15) is 0 Å². The number of unbranched alkanes of at least 4 members (excludes halogenated alkanes) is 2. The largest absolute Gasteiger partial charge is 0.508 e. The van der Waals surface area contributed by atoms with Crippen LogP contribution >= 0.6 is 0 Å². The van der Waals surface area contributed by atoms with E-state index in [-0.39, 0.29) is 13.5 Å². The fourth-order valence-electron chi connectivity index (χ4n) is 14.5. The van der Waals surface area contributed by atoms with Crippen molar-refractivity contribution >= 4 is 38.6 Å². The summed E-state index contributed by atoms with van der Waals surface area (Å²) < 4.78 is 15.8. The molecule has 808 valence electrons. The first-order valence-electron chi connectivity index (χ1n) is 54.5. The van der Waals surface area contributed by atoms with E-state index in [1.54, 1.807) is 50.6 Å². The van der Waals surface area contributed by atoms with Gasteiger partial charge < -0.3 is 35.9 Å². The molecule has 0 aromatic heterocycles. The number of anilines is 2. The average Bonchev–Trinajstić information content (AvgIpc) is 0.823. The molecule has 15 aromatic rings. The zero-order valence-electron chi connectivity index (χ0n) is 97.3. The predicted molar refractivity (Wildman–Crippen MR) is 657 cm³/mol. The fourth-order valence-corrected chi connectivity index (χ4v) is 14.5. The molecule has 10 nitrogen and oxygen atoms in total. The highest BCUT2D eigenvalue weighted by atomic mass is 16.6. The van der Waals surface area contributed by atoms with Crippen LogP contribution < -0.4 is 25.7 Å². The third-order valence-electron chi connectivity index (χ3n) is 24.5. The molecule has 0 spiro atoms. The lowest BCUT2D eigenvalue weighted by atomic mass is 9.96. The highest BCUT2D eigenvalue weighted by molar-refractivity contribution is 5.87. The van der Waals surface area contributed by atoms with Gasteiger partial charge in [0.25, 0.3) is 5.69 Å². The van der Waals surface area contributed by atoms with Gasteiger partial charge in [0.15, 0.2) is 0 Å². The number of fused-ring (bicyclic) bond motifs is 2. The molecule has 0 heterocycles. The van der Waals surface area contributed by atoms with Crippen molar-refractivity contribution in [2.75, 3.05) is 25.7 Å². The minimum Gasteiger partial charge on any atom is -0.508 e. The Labute approximate surface area is 907 Å². The van der Waals surface area contributed by atoms with Gasteiger partial charge >= 0.3 is 0 Å². The Morgan fingerprint density at radius 1 is 0.262 bits per heavy atom. The van der Waals surface area contributed by atoms with Crippen molar-refractivity contribution in [2.24, 2.45) is 11.8 Å². The summed E-state index contributed by atoms with van der Waals surface area (Å²) in [4.78, 5) is 9.90. The Balaban J connectivity index is 0.00000161. The number of phenolic OH excluding ortho intramolecular Hbond substituents is 2. The second kappa shape index (κ2) is 76.4. The van der Waals surface area contributed by atoms with E-state index in [0.29, 0.717) is 89.1 Å². The van der Waals surface area contributed by atoms with Crippen LogP contribution in [0.3, 0.4) is 0 Å². The molecule has 0 amide bonds. The summed E-state index contributed by atoms with van der Waals surface area (Å²) in [5, 5.41) is 33.6. The van der Waals surface area contributed by atoms with Gasteiger partial charge in [0.2, 0.25) is 0 Å². The van der Waals surface area contributed by atoms with Gasteiger partial charge in [-0.05, 0) is 262 Å². The summed E-state index contributed by atoms with van der Waals surface area (Å²) in [7, 11) is 3.37. The van der Waals surface area contributed by atoms with Gasteiger partial charge in [0, 0.05) is 26.4 Å². The minimum absolute atomic E-state index is 0. The zero-order chi connectivity index (χ0) is 111. The van der Waals surface area contributed by atoms with Crippen molar-refractivity contribution in [2.45, 2.75) is 324 Å². The zero-order valence-corrected chi connectivity index (χ0v) is 97.3. The Morgan fingerprint density at radius 2 is 0.483 bits per heavy atom. The van der Waals surface area contributed by atoms with Crippen molar-refractivity contribution in [3.63, 3.8) is 0 Å². The number of nitrogen functional groups attached to an aromatic ring is 2. The lowest BCUT2D eigenvalue weighted by Gasteiger charge is -2.08. The van der Waals surface area contributed by atoms with Gasteiger partial charge in [-0.1, -0.05) is 519 Å². The Morgan fingerprint density at radius 3 is 0.711 bits per heavy atom. The lowest BCUT2D eigenvalue weighted by molar-refractivity contribution is -0.384. The second-order valence-electron chi connectivity index (χ2n) is 42.1. The highest BCUT2D eigenvalue weighted by Gasteiger charge is 2.10. The molecule has 0 saturated heterocycles. The maximum absolute atomic E-state index is 10.3. The molecule has 0 aliphatic carbocycles. The maximum atomic E-state index is 10.3. The first kappa shape index (κ1) is 132.